The third kappa shape index (κ3) is 3.02. The smallest absolute Gasteiger partial charge is 0.327 e. The molecular formula is C15H16N4O4. The van der Waals surface area contributed by atoms with Crippen molar-refractivity contribution in [3.8, 4) is 11.8 Å². The highest BCUT2D eigenvalue weighted by Crippen LogP contribution is 2.24. The van der Waals surface area contributed by atoms with Crippen LogP contribution in [-0.4, -0.2) is 31.2 Å². The molecule has 0 saturated carbocycles. The zero-order chi connectivity index (χ0) is 16.4. The number of benzene rings is 1. The van der Waals surface area contributed by atoms with E-state index in [1.165, 1.54) is 0 Å². The van der Waals surface area contributed by atoms with Gasteiger partial charge >= 0.3 is 11.7 Å². The van der Waals surface area contributed by atoms with Crippen LogP contribution in [0.15, 0.2) is 33.9 Å². The highest BCUT2D eigenvalue weighted by Gasteiger charge is 2.16. The Morgan fingerprint density at radius 3 is 2.87 bits per heavy atom. The Morgan fingerprint density at radius 2 is 2.13 bits per heavy atom. The van der Waals surface area contributed by atoms with Gasteiger partial charge < -0.3 is 9.84 Å². The van der Waals surface area contributed by atoms with E-state index in [1.54, 1.807) is 10.6 Å². The molecule has 120 valence electrons. The number of aliphatic hydroxyl groups excluding tert-OH is 1. The fourth-order valence-electron chi connectivity index (χ4n) is 2.35. The fourth-order valence-corrected chi connectivity index (χ4v) is 2.35. The van der Waals surface area contributed by atoms with Crippen LogP contribution >= 0.6 is 0 Å². The molecule has 8 nitrogen and oxygen atoms in total. The van der Waals surface area contributed by atoms with E-state index in [2.05, 4.69) is 15.0 Å². The number of H-pyrrole nitrogens is 2. The van der Waals surface area contributed by atoms with Gasteiger partial charge in [0.15, 0.2) is 11.2 Å². The largest absolute Gasteiger partial charge is 0.425 e. The zero-order valence-corrected chi connectivity index (χ0v) is 12.5. The Kier molecular flexibility index (Phi) is 3.98. The summed E-state index contributed by atoms with van der Waals surface area (Å²) in [7, 11) is 0. The van der Waals surface area contributed by atoms with Crippen LogP contribution in [0.2, 0.25) is 0 Å². The molecule has 23 heavy (non-hydrogen) atoms. The number of hydrogen-bond donors (Lipinski definition) is 3. The van der Waals surface area contributed by atoms with Crippen LogP contribution < -0.4 is 16.0 Å². The van der Waals surface area contributed by atoms with Crippen molar-refractivity contribution in [2.24, 2.45) is 0 Å². The highest BCUT2D eigenvalue weighted by molar-refractivity contribution is 5.71. The number of fused-ring (bicyclic) bond motifs is 1. The summed E-state index contributed by atoms with van der Waals surface area (Å²) in [6.07, 6.45) is 0.425. The van der Waals surface area contributed by atoms with Gasteiger partial charge in [-0.1, -0.05) is 12.1 Å². The monoisotopic (exact) mass is 316 g/mol. The fraction of sp³-hybridized carbons (Fsp3) is 0.267. The summed E-state index contributed by atoms with van der Waals surface area (Å²) in [5.41, 5.74) is 0.205. The van der Waals surface area contributed by atoms with Crippen LogP contribution in [0.3, 0.4) is 0 Å². The molecule has 0 bridgehead atoms. The number of imidazole rings is 1. The Balaban J connectivity index is 2.13. The summed E-state index contributed by atoms with van der Waals surface area (Å²) in [5.74, 6) is 0.573. The lowest BCUT2D eigenvalue weighted by atomic mass is 10.2. The summed E-state index contributed by atoms with van der Waals surface area (Å²) in [6.45, 7) is 2.23. The summed E-state index contributed by atoms with van der Waals surface area (Å²) in [5, 5.41) is 9.05. The molecule has 0 aliphatic rings. The van der Waals surface area contributed by atoms with E-state index in [4.69, 9.17) is 9.84 Å². The minimum atomic E-state index is -0.628. The summed E-state index contributed by atoms with van der Waals surface area (Å²) in [4.78, 5) is 32.3. The third-order valence-corrected chi connectivity index (χ3v) is 3.35. The van der Waals surface area contributed by atoms with E-state index in [-0.39, 0.29) is 23.8 Å². The first-order valence-electron chi connectivity index (χ1n) is 7.16. The number of hydrogen-bond acceptors (Lipinski definition) is 5. The Bertz CT molecular complexity index is 954. The number of aromatic amines is 2. The van der Waals surface area contributed by atoms with Gasteiger partial charge in [-0.15, -0.1) is 0 Å². The van der Waals surface area contributed by atoms with Gasteiger partial charge in [-0.2, -0.15) is 4.98 Å². The maximum atomic E-state index is 12.0. The number of nitrogens with zero attached hydrogens (tertiary/aromatic N) is 2. The van der Waals surface area contributed by atoms with Crippen molar-refractivity contribution in [3.05, 3.63) is 50.7 Å². The molecule has 0 radical (unpaired) electrons. The molecule has 0 aliphatic heterocycles. The third-order valence-electron chi connectivity index (χ3n) is 3.35. The van der Waals surface area contributed by atoms with E-state index >= 15 is 0 Å². The Morgan fingerprint density at radius 1 is 1.30 bits per heavy atom. The van der Waals surface area contributed by atoms with Gasteiger partial charge in [0.2, 0.25) is 0 Å². The van der Waals surface area contributed by atoms with Crippen molar-refractivity contribution in [2.45, 2.75) is 19.9 Å². The van der Waals surface area contributed by atoms with Gasteiger partial charge in [-0.05, 0) is 31.0 Å². The topological polar surface area (TPSA) is 113 Å². The van der Waals surface area contributed by atoms with Crippen molar-refractivity contribution in [1.29, 1.82) is 0 Å². The number of aromatic nitrogens is 4. The maximum absolute atomic E-state index is 12.0. The van der Waals surface area contributed by atoms with Gasteiger partial charge in [-0.25, -0.2) is 4.79 Å². The Labute approximate surface area is 130 Å². The molecule has 3 aromatic rings. The van der Waals surface area contributed by atoms with Crippen molar-refractivity contribution < 1.29 is 9.84 Å². The number of nitrogens with one attached hydrogen (secondary N) is 2. The molecule has 2 aromatic heterocycles. The van der Waals surface area contributed by atoms with E-state index in [1.807, 2.05) is 25.1 Å². The number of aryl methyl sites for hydroxylation is 2. The van der Waals surface area contributed by atoms with E-state index in [0.717, 1.165) is 5.56 Å². The van der Waals surface area contributed by atoms with Gasteiger partial charge in [0.1, 0.15) is 5.75 Å². The first kappa shape index (κ1) is 15.0. The molecule has 0 aliphatic carbocycles. The second-order valence-electron chi connectivity index (χ2n) is 5.15. The maximum Gasteiger partial charge on any atom is 0.327 e. The molecule has 0 atom stereocenters. The number of rotatable bonds is 5. The first-order valence-corrected chi connectivity index (χ1v) is 7.16. The second-order valence-corrected chi connectivity index (χ2v) is 5.15. The molecule has 0 unspecified atom stereocenters. The molecular weight excluding hydrogens is 300 g/mol. The lowest BCUT2D eigenvalue weighted by molar-refractivity contribution is 0.277. The normalized spacial score (nSPS) is 11.0. The molecule has 3 N–H and O–H groups in total. The van der Waals surface area contributed by atoms with Gasteiger partial charge in [-0.3, -0.25) is 19.3 Å². The van der Waals surface area contributed by atoms with Crippen molar-refractivity contribution in [1.82, 2.24) is 19.5 Å². The molecule has 8 heteroatoms. The van der Waals surface area contributed by atoms with Crippen LogP contribution in [0.1, 0.15) is 12.0 Å². The Hall–Kier alpha value is -2.87. The van der Waals surface area contributed by atoms with Crippen LogP contribution in [0.5, 0.6) is 11.8 Å². The van der Waals surface area contributed by atoms with Crippen LogP contribution in [0.4, 0.5) is 0 Å². The van der Waals surface area contributed by atoms with Crippen molar-refractivity contribution >= 4 is 11.2 Å². The molecule has 0 saturated heterocycles. The van der Waals surface area contributed by atoms with Crippen LogP contribution in [0.25, 0.3) is 11.2 Å². The standard InChI is InChI=1S/C15H16N4O4/c1-9-4-2-5-10(8-9)23-15-17-12-11(19(15)6-3-7-20)13(21)18-14(22)16-12/h2,4-5,8,20H,3,6-7H2,1H3,(H2,16,18,21,22). The molecule has 0 fully saturated rings. The zero-order valence-electron chi connectivity index (χ0n) is 12.5. The molecule has 2 heterocycles. The quantitative estimate of drug-likeness (QED) is 0.647. The SMILES string of the molecule is Cc1cccc(Oc2nc3[nH]c(=O)[nH]c(=O)c3n2CCCO)c1. The minimum Gasteiger partial charge on any atom is -0.425 e. The predicted octanol–water partition coefficient (Wildman–Crippen LogP) is 0.896. The average Bonchev–Trinajstić information content (AvgIpc) is 2.82. The predicted molar refractivity (Wildman–Crippen MR) is 83.9 cm³/mol. The highest BCUT2D eigenvalue weighted by atomic mass is 16.5. The summed E-state index contributed by atoms with van der Waals surface area (Å²) in [6, 6.07) is 7.58. The number of ether oxygens (including phenoxy) is 1. The molecule has 0 spiro atoms. The number of aliphatic hydroxyl groups is 1. The first-order chi connectivity index (χ1) is 11.1. The molecule has 1 aromatic carbocycles. The van der Waals surface area contributed by atoms with E-state index in [9.17, 15) is 9.59 Å². The van der Waals surface area contributed by atoms with E-state index < -0.39 is 11.2 Å². The lowest BCUT2D eigenvalue weighted by Crippen LogP contribution is -2.23. The van der Waals surface area contributed by atoms with Gasteiger partial charge in [0.05, 0.1) is 0 Å². The van der Waals surface area contributed by atoms with Gasteiger partial charge in [0.25, 0.3) is 5.56 Å². The lowest BCUT2D eigenvalue weighted by Gasteiger charge is -2.09. The van der Waals surface area contributed by atoms with Crippen molar-refractivity contribution in [2.75, 3.05) is 6.61 Å². The van der Waals surface area contributed by atoms with Crippen LogP contribution in [0, 0.1) is 6.92 Å². The van der Waals surface area contributed by atoms with E-state index in [0.29, 0.717) is 18.7 Å². The van der Waals surface area contributed by atoms with Gasteiger partial charge in [0, 0.05) is 13.2 Å². The summed E-state index contributed by atoms with van der Waals surface area (Å²) < 4.78 is 7.31. The van der Waals surface area contributed by atoms with Crippen molar-refractivity contribution in [3.63, 3.8) is 0 Å². The molecule has 3 rings (SSSR count). The average molecular weight is 316 g/mol. The van der Waals surface area contributed by atoms with Crippen LogP contribution in [-0.2, 0) is 6.54 Å². The summed E-state index contributed by atoms with van der Waals surface area (Å²) >= 11 is 0. The minimum absolute atomic E-state index is 0.0369. The second kappa shape index (κ2) is 6.09. The molecule has 0 amide bonds.